The van der Waals surface area contributed by atoms with Crippen molar-refractivity contribution in [3.8, 4) is 5.75 Å². The molecule has 38 heavy (non-hydrogen) atoms. The number of fused-ring (bicyclic) bond motifs is 1. The molecule has 1 unspecified atom stereocenters. The fourth-order valence-corrected chi connectivity index (χ4v) is 6.18. The normalized spacial score (nSPS) is 23.2. The van der Waals surface area contributed by atoms with Crippen LogP contribution in [0.4, 0.5) is 0 Å². The van der Waals surface area contributed by atoms with Gasteiger partial charge in [-0.1, -0.05) is 25.5 Å². The number of carboxylic acids is 1. The summed E-state index contributed by atoms with van der Waals surface area (Å²) in [6.07, 6.45) is 4.97. The highest BCUT2D eigenvalue weighted by atomic mass is 16.5. The van der Waals surface area contributed by atoms with Crippen LogP contribution in [-0.4, -0.2) is 115 Å². The number of carbonyl (C=O) groups is 3. The number of hydrogen-bond acceptors (Lipinski definition) is 6. The summed E-state index contributed by atoms with van der Waals surface area (Å²) in [4.78, 5) is 46.8. The maximum Gasteiger partial charge on any atom is 0.308 e. The van der Waals surface area contributed by atoms with E-state index in [0.29, 0.717) is 45.8 Å². The Morgan fingerprint density at radius 3 is 2.61 bits per heavy atom. The summed E-state index contributed by atoms with van der Waals surface area (Å²) in [7, 11) is 4.06. The summed E-state index contributed by atoms with van der Waals surface area (Å²) in [5.41, 5.74) is 2.09. The van der Waals surface area contributed by atoms with Gasteiger partial charge < -0.3 is 24.5 Å². The second-order valence-electron chi connectivity index (χ2n) is 11.3. The van der Waals surface area contributed by atoms with Crippen molar-refractivity contribution < 1.29 is 24.2 Å². The van der Waals surface area contributed by atoms with Crippen molar-refractivity contribution in [1.82, 2.24) is 19.6 Å². The van der Waals surface area contributed by atoms with E-state index >= 15 is 0 Å². The van der Waals surface area contributed by atoms with Gasteiger partial charge in [0.25, 0.3) is 0 Å². The molecule has 1 aromatic rings. The van der Waals surface area contributed by atoms with E-state index in [1.165, 1.54) is 0 Å². The number of aliphatic carboxylic acids is 1. The molecular formula is C29H44N4O5. The van der Waals surface area contributed by atoms with E-state index in [9.17, 15) is 19.5 Å². The van der Waals surface area contributed by atoms with Crippen molar-refractivity contribution in [3.05, 3.63) is 29.3 Å². The third-order valence-corrected chi connectivity index (χ3v) is 8.26. The van der Waals surface area contributed by atoms with E-state index in [2.05, 4.69) is 17.9 Å². The Balaban J connectivity index is 1.57. The molecule has 0 bridgehead atoms. The van der Waals surface area contributed by atoms with Crippen LogP contribution in [0.1, 0.15) is 56.1 Å². The molecule has 2 amide bonds. The number of hydrogen-bond donors (Lipinski definition) is 1. The summed E-state index contributed by atoms with van der Waals surface area (Å²) in [5, 5.41) is 10.4. The molecule has 3 aliphatic rings. The summed E-state index contributed by atoms with van der Waals surface area (Å²) in [6.45, 7) is 6.73. The largest absolute Gasteiger partial charge is 0.493 e. The molecule has 1 aromatic carbocycles. The SMILES string of the molecule is CCCCN(CCCN(C)C)C(=O)CN1C[C@H](c2ccc3c(c2)CCO3)C(C(=O)O)[C@@H]1CN1CCCC1=O. The molecule has 0 radical (unpaired) electrons. The standard InChI is InChI=1S/C29H44N4O5/c1-4-5-13-31(15-7-12-30(2)3)27(35)20-33-18-23(21-9-10-25-22(17-21)11-16-38-25)28(29(36)37)24(33)19-32-14-6-8-26(32)34/h9-10,17,23-24,28H,4-8,11-16,18-20H2,1-3H3,(H,36,37)/t23-,24+,28?/m1/s1. The molecule has 1 N–H and O–H groups in total. The number of ether oxygens (including phenoxy) is 1. The van der Waals surface area contributed by atoms with Gasteiger partial charge in [0.05, 0.1) is 19.1 Å². The van der Waals surface area contributed by atoms with E-state index in [1.54, 1.807) is 4.90 Å². The second-order valence-corrected chi connectivity index (χ2v) is 11.3. The van der Waals surface area contributed by atoms with Crippen LogP contribution < -0.4 is 4.74 Å². The van der Waals surface area contributed by atoms with Crippen LogP contribution in [-0.2, 0) is 20.8 Å². The lowest BCUT2D eigenvalue weighted by Gasteiger charge is -2.32. The third-order valence-electron chi connectivity index (χ3n) is 8.26. The first-order chi connectivity index (χ1) is 18.3. The molecule has 9 heteroatoms. The van der Waals surface area contributed by atoms with Crippen LogP contribution in [0.25, 0.3) is 0 Å². The van der Waals surface area contributed by atoms with E-state index in [0.717, 1.165) is 55.5 Å². The molecule has 3 aliphatic heterocycles. The van der Waals surface area contributed by atoms with Gasteiger partial charge in [0.2, 0.25) is 11.8 Å². The maximum atomic E-state index is 13.6. The predicted molar refractivity (Wildman–Crippen MR) is 145 cm³/mol. The van der Waals surface area contributed by atoms with Gasteiger partial charge >= 0.3 is 5.97 Å². The molecule has 9 nitrogen and oxygen atoms in total. The van der Waals surface area contributed by atoms with E-state index in [1.807, 2.05) is 36.0 Å². The predicted octanol–water partition coefficient (Wildman–Crippen LogP) is 2.29. The zero-order valence-corrected chi connectivity index (χ0v) is 23.2. The van der Waals surface area contributed by atoms with Crippen LogP contribution >= 0.6 is 0 Å². The first-order valence-electron chi connectivity index (χ1n) is 14.2. The van der Waals surface area contributed by atoms with E-state index < -0.39 is 17.9 Å². The van der Waals surface area contributed by atoms with Gasteiger partial charge in [-0.2, -0.15) is 0 Å². The van der Waals surface area contributed by atoms with Crippen molar-refractivity contribution in [3.63, 3.8) is 0 Å². The van der Waals surface area contributed by atoms with Gasteiger partial charge in [0.1, 0.15) is 5.75 Å². The molecule has 0 saturated carbocycles. The average Bonchev–Trinajstić information content (AvgIpc) is 3.60. The minimum atomic E-state index is -0.868. The molecule has 2 saturated heterocycles. The number of likely N-dealkylation sites (tertiary alicyclic amines) is 2. The quantitative estimate of drug-likeness (QED) is 0.420. The van der Waals surface area contributed by atoms with Crippen LogP contribution in [0.15, 0.2) is 18.2 Å². The zero-order valence-electron chi connectivity index (χ0n) is 23.2. The molecule has 0 aliphatic carbocycles. The summed E-state index contributed by atoms with van der Waals surface area (Å²) < 4.78 is 5.67. The number of carboxylic acid groups (broad SMARTS) is 1. The topological polar surface area (TPSA) is 93.6 Å². The van der Waals surface area contributed by atoms with Crippen molar-refractivity contribution in [1.29, 1.82) is 0 Å². The highest BCUT2D eigenvalue weighted by Crippen LogP contribution is 2.40. The summed E-state index contributed by atoms with van der Waals surface area (Å²) in [5.74, 6) is -0.837. The third kappa shape index (κ3) is 6.67. The number of carbonyl (C=O) groups excluding carboxylic acids is 2. The molecule has 3 atom stereocenters. The molecule has 210 valence electrons. The van der Waals surface area contributed by atoms with Crippen molar-refractivity contribution in [2.45, 2.75) is 57.4 Å². The number of benzene rings is 1. The van der Waals surface area contributed by atoms with Gasteiger partial charge in [-0.3, -0.25) is 19.3 Å². The fourth-order valence-electron chi connectivity index (χ4n) is 6.18. The monoisotopic (exact) mass is 528 g/mol. The highest BCUT2D eigenvalue weighted by Gasteiger charge is 2.48. The lowest BCUT2D eigenvalue weighted by atomic mass is 9.84. The van der Waals surface area contributed by atoms with E-state index in [-0.39, 0.29) is 24.3 Å². The Morgan fingerprint density at radius 2 is 1.92 bits per heavy atom. The number of unbranched alkanes of at least 4 members (excludes halogenated alkanes) is 1. The maximum absolute atomic E-state index is 13.6. The number of nitrogens with zero attached hydrogens (tertiary/aromatic N) is 4. The molecule has 0 aromatic heterocycles. The van der Waals surface area contributed by atoms with Crippen molar-refractivity contribution in [2.75, 3.05) is 66.5 Å². The van der Waals surface area contributed by atoms with Crippen molar-refractivity contribution >= 4 is 17.8 Å². The fraction of sp³-hybridized carbons (Fsp3) is 0.690. The Hall–Kier alpha value is -2.65. The Bertz CT molecular complexity index is 999. The van der Waals surface area contributed by atoms with Crippen molar-refractivity contribution in [2.24, 2.45) is 5.92 Å². The Morgan fingerprint density at radius 1 is 1.13 bits per heavy atom. The van der Waals surface area contributed by atoms with Crippen LogP contribution in [0, 0.1) is 5.92 Å². The molecule has 2 fully saturated rings. The summed E-state index contributed by atoms with van der Waals surface area (Å²) in [6, 6.07) is 5.59. The van der Waals surface area contributed by atoms with Crippen LogP contribution in [0.3, 0.4) is 0 Å². The minimum Gasteiger partial charge on any atom is -0.493 e. The molecular weight excluding hydrogens is 484 g/mol. The van der Waals surface area contributed by atoms with Gasteiger partial charge in [-0.05, 0) is 57.1 Å². The Labute approximate surface area is 226 Å². The van der Waals surface area contributed by atoms with Gasteiger partial charge in [-0.25, -0.2) is 0 Å². The number of amides is 2. The van der Waals surface area contributed by atoms with Crippen LogP contribution in [0.5, 0.6) is 5.75 Å². The molecule has 3 heterocycles. The smallest absolute Gasteiger partial charge is 0.308 e. The van der Waals surface area contributed by atoms with E-state index in [4.69, 9.17) is 4.74 Å². The number of rotatable bonds is 13. The molecule has 0 spiro atoms. The minimum absolute atomic E-state index is 0.0436. The van der Waals surface area contributed by atoms with Gasteiger partial charge in [-0.15, -0.1) is 0 Å². The first kappa shape index (κ1) is 28.4. The summed E-state index contributed by atoms with van der Waals surface area (Å²) >= 11 is 0. The second kappa shape index (κ2) is 12.9. The first-order valence-corrected chi connectivity index (χ1v) is 14.2. The molecule has 4 rings (SSSR count). The zero-order chi connectivity index (χ0) is 27.2. The lowest BCUT2D eigenvalue weighted by molar-refractivity contribution is -0.144. The van der Waals surface area contributed by atoms with Crippen LogP contribution in [0.2, 0.25) is 0 Å². The average molecular weight is 529 g/mol. The highest BCUT2D eigenvalue weighted by molar-refractivity contribution is 5.80. The lowest BCUT2D eigenvalue weighted by Crippen LogP contribution is -2.49. The van der Waals surface area contributed by atoms with Gasteiger partial charge in [0, 0.05) is 57.5 Å². The Kier molecular flexibility index (Phi) is 9.65. The van der Waals surface area contributed by atoms with Gasteiger partial charge in [0.15, 0.2) is 0 Å².